The average molecular weight is 453 g/mol. The van der Waals surface area contributed by atoms with Gasteiger partial charge in [0.2, 0.25) is 0 Å². The van der Waals surface area contributed by atoms with E-state index in [0.717, 1.165) is 44.1 Å². The summed E-state index contributed by atoms with van der Waals surface area (Å²) in [6, 6.07) is 1.94. The van der Waals surface area contributed by atoms with Crippen LogP contribution in [0, 0.1) is 17.3 Å². The molecule has 2 rings (SSSR count). The molecule has 1 aromatic heterocycles. The summed E-state index contributed by atoms with van der Waals surface area (Å²) < 4.78 is 40.7. The lowest BCUT2D eigenvalue weighted by Crippen LogP contribution is -2.27. The monoisotopic (exact) mass is 452 g/mol. The van der Waals surface area contributed by atoms with Crippen molar-refractivity contribution in [2.24, 2.45) is 17.3 Å². The van der Waals surface area contributed by atoms with Crippen LogP contribution in [0.4, 0.5) is 0 Å². The smallest absolute Gasteiger partial charge is 0.397 e. The molecule has 31 heavy (non-hydrogen) atoms. The van der Waals surface area contributed by atoms with Gasteiger partial charge in [-0.25, -0.2) is 4.18 Å². The number of hydrogen-bond donors (Lipinski definition) is 1. The highest BCUT2D eigenvalue weighted by Gasteiger charge is 2.32. The highest BCUT2D eigenvalue weighted by Crippen LogP contribution is 2.43. The van der Waals surface area contributed by atoms with Crippen LogP contribution in [0.5, 0.6) is 0 Å². The molecule has 0 aromatic carbocycles. The topological polar surface area (TPSA) is 76.7 Å². The predicted molar refractivity (Wildman–Crippen MR) is 125 cm³/mol. The lowest BCUT2D eigenvalue weighted by molar-refractivity contribution is 0.203. The third kappa shape index (κ3) is 9.75. The number of aryl methyl sites for hydroxylation is 1. The summed E-state index contributed by atoms with van der Waals surface area (Å²) in [7, 11) is -4.40. The van der Waals surface area contributed by atoms with E-state index in [0.29, 0.717) is 11.3 Å². The van der Waals surface area contributed by atoms with Crippen molar-refractivity contribution in [2.75, 3.05) is 6.61 Å². The number of rotatable bonds is 13. The summed E-state index contributed by atoms with van der Waals surface area (Å²) in [5.41, 5.74) is 4.43. The van der Waals surface area contributed by atoms with Crippen LogP contribution < -0.4 is 0 Å². The van der Waals surface area contributed by atoms with Crippen molar-refractivity contribution in [3.05, 3.63) is 47.5 Å². The maximum absolute atomic E-state index is 11.0. The van der Waals surface area contributed by atoms with Gasteiger partial charge in [0.15, 0.2) is 0 Å². The molecule has 0 radical (unpaired) electrons. The lowest BCUT2D eigenvalue weighted by atomic mass is 9.67. The molecule has 0 aliphatic heterocycles. The van der Waals surface area contributed by atoms with Crippen molar-refractivity contribution < 1.29 is 21.6 Å². The van der Waals surface area contributed by atoms with Gasteiger partial charge in [0.25, 0.3) is 0 Å². The molecule has 1 aromatic rings. The second-order valence-corrected chi connectivity index (χ2v) is 10.9. The highest BCUT2D eigenvalue weighted by molar-refractivity contribution is 7.80. The minimum atomic E-state index is -4.40. The summed E-state index contributed by atoms with van der Waals surface area (Å²) in [6.45, 7) is 9.26. The van der Waals surface area contributed by atoms with E-state index in [9.17, 15) is 8.42 Å². The third-order valence-corrected chi connectivity index (χ3v) is 7.19. The molecule has 1 N–H and O–H groups in total. The van der Waals surface area contributed by atoms with Crippen LogP contribution in [-0.4, -0.2) is 19.6 Å². The fourth-order valence-corrected chi connectivity index (χ4v) is 5.15. The van der Waals surface area contributed by atoms with Gasteiger partial charge in [0.1, 0.15) is 0 Å². The van der Waals surface area contributed by atoms with E-state index >= 15 is 0 Å². The molecule has 176 valence electrons. The lowest BCUT2D eigenvalue weighted by Gasteiger charge is -2.38. The molecule has 2 unspecified atom stereocenters. The molecule has 0 saturated heterocycles. The molecule has 2 atom stereocenters. The van der Waals surface area contributed by atoms with Crippen LogP contribution in [0.15, 0.2) is 46.3 Å². The Kier molecular flexibility index (Phi) is 10.0. The van der Waals surface area contributed by atoms with Gasteiger partial charge in [-0.3, -0.25) is 4.55 Å². The zero-order chi connectivity index (χ0) is 22.9. The van der Waals surface area contributed by atoms with Gasteiger partial charge in [-0.15, -0.1) is 0 Å². The van der Waals surface area contributed by atoms with E-state index < -0.39 is 10.4 Å². The van der Waals surface area contributed by atoms with E-state index in [2.05, 4.69) is 44.0 Å². The van der Waals surface area contributed by atoms with Gasteiger partial charge in [0, 0.05) is 0 Å². The Labute approximate surface area is 188 Å². The van der Waals surface area contributed by atoms with Crippen LogP contribution in [0.1, 0.15) is 84.6 Å². The molecular formula is C25H40O5S. The Morgan fingerprint density at radius 1 is 1.39 bits per heavy atom. The van der Waals surface area contributed by atoms with E-state index in [4.69, 9.17) is 8.97 Å². The van der Waals surface area contributed by atoms with Crippen LogP contribution in [-0.2, 0) is 21.0 Å². The Morgan fingerprint density at radius 2 is 2.16 bits per heavy atom. The molecule has 1 heterocycles. The average Bonchev–Trinajstić information content (AvgIpc) is 3.17. The first-order valence-corrected chi connectivity index (χ1v) is 12.9. The summed E-state index contributed by atoms with van der Waals surface area (Å²) >= 11 is 0. The van der Waals surface area contributed by atoms with Crippen LogP contribution in [0.2, 0.25) is 0 Å². The molecule has 5 nitrogen and oxygen atoms in total. The Hall–Kier alpha value is -1.37. The van der Waals surface area contributed by atoms with E-state index in [1.165, 1.54) is 30.4 Å². The Balaban J connectivity index is 1.81. The second-order valence-electron chi connectivity index (χ2n) is 9.80. The SMILES string of the molecule is CC(=CCCC(CCCc1ccoc1)COS(=O)(=O)O)CCC1C(C)=CCCC1(C)C. The molecule has 1 aliphatic rings. The number of hydrogen-bond acceptors (Lipinski definition) is 4. The van der Waals surface area contributed by atoms with Crippen molar-refractivity contribution in [1.29, 1.82) is 0 Å². The number of allylic oxidation sites excluding steroid dienone is 4. The van der Waals surface area contributed by atoms with Gasteiger partial charge in [-0.2, -0.15) is 8.42 Å². The van der Waals surface area contributed by atoms with E-state index in [1.807, 2.05) is 6.07 Å². The van der Waals surface area contributed by atoms with E-state index in [-0.39, 0.29) is 12.5 Å². The molecule has 0 bridgehead atoms. The van der Waals surface area contributed by atoms with Gasteiger partial charge in [-0.05, 0) is 101 Å². The molecule has 6 heteroatoms. The normalized spacial score (nSPS) is 20.5. The fourth-order valence-electron chi connectivity index (χ4n) is 4.79. The van der Waals surface area contributed by atoms with Gasteiger partial charge >= 0.3 is 10.4 Å². The Bertz CT molecular complexity index is 818. The second kappa shape index (κ2) is 12.0. The summed E-state index contributed by atoms with van der Waals surface area (Å²) in [5, 5.41) is 0. The quantitative estimate of drug-likeness (QED) is 0.259. The first-order valence-electron chi connectivity index (χ1n) is 11.5. The minimum absolute atomic E-state index is 0.0252. The zero-order valence-electron chi connectivity index (χ0n) is 19.6. The Morgan fingerprint density at radius 3 is 2.81 bits per heavy atom. The minimum Gasteiger partial charge on any atom is -0.472 e. The molecule has 0 amide bonds. The standard InChI is InChI=1S/C25H40O5S/c1-20(13-14-24-21(2)9-7-16-25(24,3)4)8-5-10-22(19-30-31(26,27)28)11-6-12-23-15-17-29-18-23/h8-9,15,17-18,22,24H,5-7,10-14,16,19H2,1-4H3,(H,26,27,28). The van der Waals surface area contributed by atoms with Gasteiger partial charge in [-0.1, -0.05) is 37.1 Å². The first-order chi connectivity index (χ1) is 14.6. The van der Waals surface area contributed by atoms with Crippen molar-refractivity contribution in [1.82, 2.24) is 0 Å². The first kappa shape index (κ1) is 25.9. The van der Waals surface area contributed by atoms with Crippen LogP contribution >= 0.6 is 0 Å². The van der Waals surface area contributed by atoms with Crippen molar-refractivity contribution >= 4 is 10.4 Å². The summed E-state index contributed by atoms with van der Waals surface area (Å²) in [4.78, 5) is 0. The van der Waals surface area contributed by atoms with Gasteiger partial charge < -0.3 is 4.42 Å². The third-order valence-electron chi connectivity index (χ3n) is 6.75. The number of furan rings is 1. The van der Waals surface area contributed by atoms with Gasteiger partial charge in [0.05, 0.1) is 19.1 Å². The molecule has 0 saturated carbocycles. The summed E-state index contributed by atoms with van der Waals surface area (Å²) in [5.74, 6) is 0.726. The van der Waals surface area contributed by atoms with E-state index in [1.54, 1.807) is 12.5 Å². The molecule has 1 aliphatic carbocycles. The highest BCUT2D eigenvalue weighted by atomic mass is 32.3. The molecular weight excluding hydrogens is 412 g/mol. The molecule has 0 fully saturated rings. The fraction of sp³-hybridized carbons (Fsp3) is 0.680. The van der Waals surface area contributed by atoms with Crippen LogP contribution in [0.3, 0.4) is 0 Å². The zero-order valence-corrected chi connectivity index (χ0v) is 20.4. The predicted octanol–water partition coefficient (Wildman–Crippen LogP) is 6.93. The maximum atomic E-state index is 11.0. The maximum Gasteiger partial charge on any atom is 0.397 e. The largest absolute Gasteiger partial charge is 0.472 e. The van der Waals surface area contributed by atoms with Crippen LogP contribution in [0.25, 0.3) is 0 Å². The summed E-state index contributed by atoms with van der Waals surface area (Å²) in [6.07, 6.45) is 17.2. The van der Waals surface area contributed by atoms with Crippen molar-refractivity contribution in [2.45, 2.75) is 85.5 Å². The van der Waals surface area contributed by atoms with Crippen molar-refractivity contribution in [3.8, 4) is 0 Å². The van der Waals surface area contributed by atoms with Crippen molar-refractivity contribution in [3.63, 3.8) is 0 Å². The molecule has 0 spiro atoms.